The lowest BCUT2D eigenvalue weighted by Gasteiger charge is -2.17. The first-order valence-corrected chi connectivity index (χ1v) is 10.9. The van der Waals surface area contributed by atoms with E-state index in [4.69, 9.17) is 5.53 Å². The van der Waals surface area contributed by atoms with E-state index >= 15 is 0 Å². The molecular formula is C24H30IN5O2. The molecule has 2 aromatic rings. The maximum absolute atomic E-state index is 12.1. The van der Waals surface area contributed by atoms with Crippen LogP contribution in [0.3, 0.4) is 0 Å². The van der Waals surface area contributed by atoms with Crippen LogP contribution in [0, 0.1) is 11.4 Å². The first kappa shape index (κ1) is 24.2. The van der Waals surface area contributed by atoms with Gasteiger partial charge in [-0.3, -0.25) is 9.69 Å². The normalized spacial score (nSPS) is 15.7. The standard InChI is InChI=1S/C24H29N5O2.HI/c1-3-4-20-19(11-12-21(23(20)27-25)26-13-16-5-6-16)18-9-7-17(8-10-18)14-29-15-22(30)28(2)24(29)31;/h7-12,16,25-26H,3-6,13-15H2,1-2H3;1H. The van der Waals surface area contributed by atoms with Gasteiger partial charge in [-0.2, -0.15) is 5.11 Å². The van der Waals surface area contributed by atoms with Crippen molar-refractivity contribution in [2.24, 2.45) is 11.0 Å². The smallest absolute Gasteiger partial charge is 0.327 e. The van der Waals surface area contributed by atoms with E-state index in [0.717, 1.165) is 63.8 Å². The Bertz CT molecular complexity index is 1000. The molecule has 170 valence electrons. The molecule has 3 amide bonds. The molecule has 4 rings (SSSR count). The van der Waals surface area contributed by atoms with E-state index in [1.807, 2.05) is 30.3 Å². The Labute approximate surface area is 206 Å². The van der Waals surface area contributed by atoms with Gasteiger partial charge < -0.3 is 10.2 Å². The highest BCUT2D eigenvalue weighted by atomic mass is 127. The van der Waals surface area contributed by atoms with E-state index < -0.39 is 0 Å². The molecule has 1 saturated carbocycles. The predicted octanol–water partition coefficient (Wildman–Crippen LogP) is 5.80. The summed E-state index contributed by atoms with van der Waals surface area (Å²) >= 11 is 0. The van der Waals surface area contributed by atoms with E-state index in [2.05, 4.69) is 23.4 Å². The number of benzene rings is 2. The first-order valence-electron chi connectivity index (χ1n) is 10.9. The third-order valence-corrected chi connectivity index (χ3v) is 6.07. The van der Waals surface area contributed by atoms with Crippen LogP contribution >= 0.6 is 24.0 Å². The minimum Gasteiger partial charge on any atom is -0.383 e. The molecule has 0 atom stereocenters. The lowest BCUT2D eigenvalue weighted by Crippen LogP contribution is -2.29. The van der Waals surface area contributed by atoms with E-state index in [1.54, 1.807) is 4.90 Å². The van der Waals surface area contributed by atoms with Crippen molar-refractivity contribution in [3.8, 4) is 11.1 Å². The average Bonchev–Trinajstić information content (AvgIpc) is 3.57. The van der Waals surface area contributed by atoms with E-state index in [9.17, 15) is 9.59 Å². The number of likely N-dealkylation sites (N-methyl/N-ethyl adjacent to an activating group) is 1. The molecule has 2 aromatic carbocycles. The van der Waals surface area contributed by atoms with Crippen LogP contribution < -0.4 is 5.32 Å². The Morgan fingerprint density at radius 3 is 2.41 bits per heavy atom. The highest BCUT2D eigenvalue weighted by Crippen LogP contribution is 2.39. The third kappa shape index (κ3) is 5.11. The zero-order valence-corrected chi connectivity index (χ0v) is 20.9. The SMILES string of the molecule is CCCc1c(-c2ccc(CN3CC(=O)N(C)C3=O)cc2)ccc(NCC2CC2)c1N=N.I. The number of hydrogen-bond acceptors (Lipinski definition) is 5. The van der Waals surface area contributed by atoms with Crippen LogP contribution in [-0.2, 0) is 17.8 Å². The summed E-state index contributed by atoms with van der Waals surface area (Å²) in [5, 5.41) is 7.37. The fraction of sp³-hybridized carbons (Fsp3) is 0.417. The topological polar surface area (TPSA) is 88.9 Å². The largest absolute Gasteiger partial charge is 0.383 e. The van der Waals surface area contributed by atoms with E-state index in [1.165, 1.54) is 19.9 Å². The van der Waals surface area contributed by atoms with Crippen LogP contribution in [-0.4, -0.2) is 41.9 Å². The van der Waals surface area contributed by atoms with Crippen LogP contribution in [0.25, 0.3) is 11.1 Å². The van der Waals surface area contributed by atoms with Crippen molar-refractivity contribution in [2.75, 3.05) is 25.5 Å². The summed E-state index contributed by atoms with van der Waals surface area (Å²) in [5.41, 5.74) is 13.7. The van der Waals surface area contributed by atoms with Crippen LogP contribution in [0.15, 0.2) is 41.5 Å². The summed E-state index contributed by atoms with van der Waals surface area (Å²) < 4.78 is 0. The van der Waals surface area contributed by atoms with Gasteiger partial charge in [0, 0.05) is 20.1 Å². The number of nitrogens with zero attached hydrogens (tertiary/aromatic N) is 3. The summed E-state index contributed by atoms with van der Waals surface area (Å²) in [6.07, 6.45) is 4.38. The summed E-state index contributed by atoms with van der Waals surface area (Å²) in [6, 6.07) is 12.0. The van der Waals surface area contributed by atoms with Gasteiger partial charge in [0.15, 0.2) is 0 Å². The number of nitrogens with one attached hydrogen (secondary N) is 2. The van der Waals surface area contributed by atoms with Gasteiger partial charge in [-0.05, 0) is 53.5 Å². The molecule has 2 fully saturated rings. The zero-order valence-electron chi connectivity index (χ0n) is 18.6. The number of halogens is 1. The Kier molecular flexibility index (Phi) is 7.86. The second-order valence-corrected chi connectivity index (χ2v) is 8.46. The number of urea groups is 1. The molecule has 0 spiro atoms. The van der Waals surface area contributed by atoms with E-state index in [-0.39, 0.29) is 42.5 Å². The highest BCUT2D eigenvalue weighted by molar-refractivity contribution is 14.0. The number of rotatable bonds is 9. The lowest BCUT2D eigenvalue weighted by molar-refractivity contribution is -0.124. The van der Waals surface area contributed by atoms with Crippen molar-refractivity contribution in [1.82, 2.24) is 9.80 Å². The molecule has 32 heavy (non-hydrogen) atoms. The second-order valence-electron chi connectivity index (χ2n) is 8.46. The van der Waals surface area contributed by atoms with Crippen molar-refractivity contribution >= 4 is 47.3 Å². The van der Waals surface area contributed by atoms with Crippen molar-refractivity contribution in [3.63, 3.8) is 0 Å². The molecular weight excluding hydrogens is 517 g/mol. The number of carbonyl (C=O) groups is 2. The van der Waals surface area contributed by atoms with Crippen molar-refractivity contribution in [2.45, 2.75) is 39.2 Å². The van der Waals surface area contributed by atoms with Crippen molar-refractivity contribution in [3.05, 3.63) is 47.5 Å². The molecule has 0 radical (unpaired) electrons. The molecule has 2 N–H and O–H groups in total. The Morgan fingerprint density at radius 1 is 1.12 bits per heavy atom. The van der Waals surface area contributed by atoms with Gasteiger partial charge >= 0.3 is 6.03 Å². The fourth-order valence-corrected chi connectivity index (χ4v) is 4.05. The van der Waals surface area contributed by atoms with E-state index in [0.29, 0.717) is 6.54 Å². The molecule has 1 saturated heterocycles. The summed E-state index contributed by atoms with van der Waals surface area (Å²) in [6.45, 7) is 3.61. The fourth-order valence-electron chi connectivity index (χ4n) is 4.05. The number of amides is 3. The Balaban J connectivity index is 0.00000289. The van der Waals surface area contributed by atoms with Crippen molar-refractivity contribution in [1.29, 1.82) is 5.53 Å². The number of hydrogen-bond donors (Lipinski definition) is 2. The molecule has 1 aliphatic heterocycles. The van der Waals surface area contributed by atoms with Gasteiger partial charge in [-0.25, -0.2) is 10.3 Å². The van der Waals surface area contributed by atoms with Gasteiger partial charge in [0.2, 0.25) is 5.91 Å². The Hall–Kier alpha value is -2.49. The van der Waals surface area contributed by atoms with Crippen molar-refractivity contribution < 1.29 is 9.59 Å². The number of imide groups is 1. The summed E-state index contributed by atoms with van der Waals surface area (Å²) in [5.74, 6) is 0.575. The minimum absolute atomic E-state index is 0. The quantitative estimate of drug-likeness (QED) is 0.236. The van der Waals surface area contributed by atoms with Gasteiger partial charge in [0.25, 0.3) is 0 Å². The zero-order chi connectivity index (χ0) is 22.0. The van der Waals surface area contributed by atoms with Crippen LogP contribution in [0.4, 0.5) is 16.2 Å². The van der Waals surface area contributed by atoms with Gasteiger partial charge in [-0.1, -0.05) is 43.7 Å². The van der Waals surface area contributed by atoms with Gasteiger partial charge in [0.1, 0.15) is 12.2 Å². The van der Waals surface area contributed by atoms with Crippen LogP contribution in [0.2, 0.25) is 0 Å². The molecule has 1 heterocycles. The molecule has 0 bridgehead atoms. The predicted molar refractivity (Wildman–Crippen MR) is 136 cm³/mol. The Morgan fingerprint density at radius 2 is 1.84 bits per heavy atom. The van der Waals surface area contributed by atoms with Crippen LogP contribution in [0.5, 0.6) is 0 Å². The molecule has 0 aromatic heterocycles. The maximum atomic E-state index is 12.1. The maximum Gasteiger partial charge on any atom is 0.327 e. The molecule has 2 aliphatic rings. The molecule has 1 aliphatic carbocycles. The van der Waals surface area contributed by atoms with Gasteiger partial charge in [-0.15, -0.1) is 24.0 Å². The first-order chi connectivity index (χ1) is 15.0. The minimum atomic E-state index is -0.254. The summed E-state index contributed by atoms with van der Waals surface area (Å²) in [7, 11) is 1.52. The number of anilines is 1. The highest BCUT2D eigenvalue weighted by Gasteiger charge is 2.32. The van der Waals surface area contributed by atoms with Gasteiger partial charge in [0.05, 0.1) is 5.69 Å². The monoisotopic (exact) mass is 547 g/mol. The average molecular weight is 547 g/mol. The van der Waals surface area contributed by atoms with Crippen LogP contribution in [0.1, 0.15) is 37.3 Å². The second kappa shape index (κ2) is 10.4. The molecule has 8 heteroatoms. The molecule has 0 unspecified atom stereocenters. The third-order valence-electron chi connectivity index (χ3n) is 6.07. The molecule has 7 nitrogen and oxygen atoms in total. The lowest BCUT2D eigenvalue weighted by atomic mass is 9.93. The number of carbonyl (C=O) groups excluding carboxylic acids is 2. The summed E-state index contributed by atoms with van der Waals surface area (Å²) in [4.78, 5) is 26.6.